The molecule has 0 radical (unpaired) electrons. The average Bonchev–Trinajstić information content (AvgIpc) is 2.46. The van der Waals surface area contributed by atoms with Gasteiger partial charge in [0, 0.05) is 24.5 Å². The third-order valence-electron chi connectivity index (χ3n) is 3.59. The van der Waals surface area contributed by atoms with Crippen LogP contribution in [-0.2, 0) is 11.2 Å². The zero-order valence-corrected chi connectivity index (χ0v) is 12.4. The first-order chi connectivity index (χ1) is 9.20. The van der Waals surface area contributed by atoms with E-state index < -0.39 is 0 Å². The fraction of sp³-hybridized carbons (Fsp3) is 0.533. The van der Waals surface area contributed by atoms with E-state index in [1.165, 1.54) is 5.56 Å². The van der Waals surface area contributed by atoms with Crippen LogP contribution in [0.2, 0.25) is 0 Å². The number of rotatable bonds is 5. The third kappa shape index (κ3) is 3.98. The van der Waals surface area contributed by atoms with E-state index in [2.05, 4.69) is 11.9 Å². The molecule has 1 aromatic carbocycles. The molecule has 1 fully saturated rings. The monoisotopic (exact) mass is 279 g/mol. The van der Waals surface area contributed by atoms with Crippen molar-refractivity contribution in [3.63, 3.8) is 0 Å². The van der Waals surface area contributed by atoms with Crippen molar-refractivity contribution in [1.29, 1.82) is 0 Å². The lowest BCUT2D eigenvalue weighted by atomic mass is 10.0. The summed E-state index contributed by atoms with van der Waals surface area (Å²) in [6, 6.07) is 8.07. The SMILES string of the molecule is COc1ccc(CCC(=O)C2CSCCN2C)cc1. The summed E-state index contributed by atoms with van der Waals surface area (Å²) in [4.78, 5) is 14.4. The lowest BCUT2D eigenvalue weighted by Gasteiger charge is -2.30. The average molecular weight is 279 g/mol. The van der Waals surface area contributed by atoms with Crippen LogP contribution in [0.15, 0.2) is 24.3 Å². The van der Waals surface area contributed by atoms with Gasteiger partial charge in [-0.3, -0.25) is 9.69 Å². The molecule has 1 heterocycles. The minimum Gasteiger partial charge on any atom is -0.497 e. The molecule has 0 saturated carbocycles. The van der Waals surface area contributed by atoms with Gasteiger partial charge in [0.25, 0.3) is 0 Å². The van der Waals surface area contributed by atoms with Gasteiger partial charge in [-0.25, -0.2) is 0 Å². The maximum atomic E-state index is 12.2. The molecular formula is C15H21NO2S. The first-order valence-electron chi connectivity index (χ1n) is 6.64. The summed E-state index contributed by atoms with van der Waals surface area (Å²) in [6.07, 6.45) is 1.44. The molecule has 0 bridgehead atoms. The van der Waals surface area contributed by atoms with Crippen LogP contribution in [0.25, 0.3) is 0 Å². The number of Topliss-reactive ketones (excluding diaryl/α,β-unsaturated/α-hetero) is 1. The van der Waals surface area contributed by atoms with Gasteiger partial charge >= 0.3 is 0 Å². The lowest BCUT2D eigenvalue weighted by Crippen LogP contribution is -2.44. The Hall–Kier alpha value is -1.00. The zero-order chi connectivity index (χ0) is 13.7. The molecule has 104 valence electrons. The summed E-state index contributed by atoms with van der Waals surface area (Å²) in [5.74, 6) is 3.31. The van der Waals surface area contributed by atoms with Crippen LogP contribution in [0.3, 0.4) is 0 Å². The van der Waals surface area contributed by atoms with Gasteiger partial charge in [-0.15, -0.1) is 0 Å². The van der Waals surface area contributed by atoms with Gasteiger partial charge in [0.1, 0.15) is 5.75 Å². The van der Waals surface area contributed by atoms with Gasteiger partial charge in [0.2, 0.25) is 0 Å². The summed E-state index contributed by atoms with van der Waals surface area (Å²) in [5.41, 5.74) is 1.19. The fourth-order valence-corrected chi connectivity index (χ4v) is 3.50. The van der Waals surface area contributed by atoms with Gasteiger partial charge < -0.3 is 4.74 Å². The van der Waals surface area contributed by atoms with E-state index in [1.807, 2.05) is 36.0 Å². The molecule has 1 saturated heterocycles. The summed E-state index contributed by atoms with van der Waals surface area (Å²) in [7, 11) is 3.71. The van der Waals surface area contributed by atoms with Crippen molar-refractivity contribution in [3.05, 3.63) is 29.8 Å². The Morgan fingerprint density at radius 3 is 2.79 bits per heavy atom. The molecule has 0 aliphatic carbocycles. The Bertz CT molecular complexity index is 419. The molecule has 1 atom stereocenters. The van der Waals surface area contributed by atoms with Crippen molar-refractivity contribution < 1.29 is 9.53 Å². The van der Waals surface area contributed by atoms with Gasteiger partial charge in [0.15, 0.2) is 5.78 Å². The van der Waals surface area contributed by atoms with Crippen molar-refractivity contribution in [3.8, 4) is 5.75 Å². The second-order valence-corrected chi connectivity index (χ2v) is 6.04. The van der Waals surface area contributed by atoms with Crippen LogP contribution < -0.4 is 4.74 Å². The van der Waals surface area contributed by atoms with Crippen molar-refractivity contribution in [2.24, 2.45) is 0 Å². The van der Waals surface area contributed by atoms with Crippen molar-refractivity contribution in [2.45, 2.75) is 18.9 Å². The maximum absolute atomic E-state index is 12.2. The number of thioether (sulfide) groups is 1. The zero-order valence-electron chi connectivity index (χ0n) is 11.6. The largest absolute Gasteiger partial charge is 0.497 e. The van der Waals surface area contributed by atoms with Crippen LogP contribution in [0.5, 0.6) is 5.75 Å². The molecular weight excluding hydrogens is 258 g/mol. The van der Waals surface area contributed by atoms with Crippen molar-refractivity contribution in [2.75, 3.05) is 32.2 Å². The number of ketones is 1. The van der Waals surface area contributed by atoms with Crippen LogP contribution in [0.4, 0.5) is 0 Å². The van der Waals surface area contributed by atoms with Gasteiger partial charge in [-0.2, -0.15) is 11.8 Å². The standard InChI is InChI=1S/C15H21NO2S/c1-16-9-10-19-11-14(16)15(17)8-5-12-3-6-13(18-2)7-4-12/h3-4,6-7,14H,5,8-11H2,1-2H3. The molecule has 1 aliphatic rings. The quantitative estimate of drug-likeness (QED) is 0.827. The predicted octanol–water partition coefficient (Wildman–Crippen LogP) is 2.24. The maximum Gasteiger partial charge on any atom is 0.151 e. The number of hydrogen-bond donors (Lipinski definition) is 0. The lowest BCUT2D eigenvalue weighted by molar-refractivity contribution is -0.123. The number of hydrogen-bond acceptors (Lipinski definition) is 4. The molecule has 0 N–H and O–H groups in total. The van der Waals surface area contributed by atoms with Gasteiger partial charge in [-0.05, 0) is 31.2 Å². The molecule has 1 aromatic rings. The Morgan fingerprint density at radius 1 is 1.42 bits per heavy atom. The second-order valence-electron chi connectivity index (χ2n) is 4.89. The van der Waals surface area contributed by atoms with E-state index in [9.17, 15) is 4.79 Å². The van der Waals surface area contributed by atoms with E-state index in [1.54, 1.807) is 7.11 Å². The summed E-state index contributed by atoms with van der Waals surface area (Å²) in [6.45, 7) is 1.02. The Labute approximate surface area is 119 Å². The van der Waals surface area contributed by atoms with E-state index in [0.717, 1.165) is 30.2 Å². The number of likely N-dealkylation sites (N-methyl/N-ethyl adjacent to an activating group) is 1. The van der Waals surface area contributed by atoms with Crippen molar-refractivity contribution >= 4 is 17.5 Å². The Kier molecular flexibility index (Phi) is 5.28. The molecule has 0 amide bonds. The van der Waals surface area contributed by atoms with Crippen molar-refractivity contribution in [1.82, 2.24) is 4.90 Å². The third-order valence-corrected chi connectivity index (χ3v) is 4.61. The number of carbonyl (C=O) groups is 1. The molecule has 1 aliphatic heterocycles. The number of methoxy groups -OCH3 is 1. The highest BCUT2D eigenvalue weighted by Crippen LogP contribution is 2.18. The van der Waals surface area contributed by atoms with E-state index in [0.29, 0.717) is 12.2 Å². The second kappa shape index (κ2) is 6.96. The summed E-state index contributed by atoms with van der Waals surface area (Å²) >= 11 is 1.88. The first kappa shape index (κ1) is 14.4. The summed E-state index contributed by atoms with van der Waals surface area (Å²) < 4.78 is 5.13. The minimum absolute atomic E-state index is 0.108. The molecule has 3 nitrogen and oxygen atoms in total. The number of ether oxygens (including phenoxy) is 1. The van der Waals surface area contributed by atoms with Crippen LogP contribution >= 0.6 is 11.8 Å². The molecule has 2 rings (SSSR count). The predicted molar refractivity (Wildman–Crippen MR) is 80.1 cm³/mol. The van der Waals surface area contributed by atoms with E-state index >= 15 is 0 Å². The highest BCUT2D eigenvalue weighted by atomic mass is 32.2. The highest BCUT2D eigenvalue weighted by molar-refractivity contribution is 7.99. The fourth-order valence-electron chi connectivity index (χ4n) is 2.25. The minimum atomic E-state index is 0.108. The number of benzene rings is 1. The molecule has 4 heteroatoms. The van der Waals surface area contributed by atoms with Crippen LogP contribution in [-0.4, -0.2) is 48.9 Å². The molecule has 19 heavy (non-hydrogen) atoms. The Morgan fingerprint density at radius 2 is 2.16 bits per heavy atom. The first-order valence-corrected chi connectivity index (χ1v) is 7.80. The number of nitrogens with zero attached hydrogens (tertiary/aromatic N) is 1. The van der Waals surface area contributed by atoms with Gasteiger partial charge in [-0.1, -0.05) is 12.1 Å². The normalized spacial score (nSPS) is 20.2. The number of carbonyl (C=O) groups excluding carboxylic acids is 1. The molecule has 1 unspecified atom stereocenters. The summed E-state index contributed by atoms with van der Waals surface area (Å²) in [5, 5.41) is 0. The highest BCUT2D eigenvalue weighted by Gasteiger charge is 2.25. The smallest absolute Gasteiger partial charge is 0.151 e. The van der Waals surface area contributed by atoms with Crippen LogP contribution in [0, 0.1) is 0 Å². The van der Waals surface area contributed by atoms with E-state index in [4.69, 9.17) is 4.74 Å². The number of aryl methyl sites for hydroxylation is 1. The van der Waals surface area contributed by atoms with Crippen LogP contribution in [0.1, 0.15) is 12.0 Å². The Balaban J connectivity index is 1.85. The van der Waals surface area contributed by atoms with E-state index in [-0.39, 0.29) is 6.04 Å². The van der Waals surface area contributed by atoms with Gasteiger partial charge in [0.05, 0.1) is 13.2 Å². The topological polar surface area (TPSA) is 29.5 Å². The molecule has 0 aromatic heterocycles. The molecule has 0 spiro atoms.